The molecule has 0 radical (unpaired) electrons. The quantitative estimate of drug-likeness (QED) is 0.134. The maximum Gasteiger partial charge on any atom is 0.327 e. The minimum Gasteiger partial charge on any atom is -0.463 e. The molecule has 0 aliphatic carbocycles. The summed E-state index contributed by atoms with van der Waals surface area (Å²) in [4.78, 5) is 49.9. The summed E-state index contributed by atoms with van der Waals surface area (Å²) >= 11 is 0. The number of anilines is 1. The SMILES string of the molecule is CCCCOc1nc(N)c2[nH]c(=O)n(CCCN(Cc3cccc(OC(=O)CC)c3)C(=O)CNS(C)(=O)=O)c2n1. The van der Waals surface area contributed by atoms with E-state index in [4.69, 9.17) is 15.2 Å². The van der Waals surface area contributed by atoms with Crippen LogP contribution in [0.15, 0.2) is 29.1 Å². The number of carbonyl (C=O) groups excluding carboxylic acids is 2. The van der Waals surface area contributed by atoms with Gasteiger partial charge in [-0.15, -0.1) is 0 Å². The number of nitrogens with one attached hydrogen (secondary N) is 2. The summed E-state index contributed by atoms with van der Waals surface area (Å²) in [5, 5.41) is 0. The molecule has 1 aromatic carbocycles. The predicted octanol–water partition coefficient (Wildman–Crippen LogP) is 1.16. The highest BCUT2D eigenvalue weighted by molar-refractivity contribution is 7.88. The summed E-state index contributed by atoms with van der Waals surface area (Å²) in [5.74, 6) is -0.439. The fourth-order valence-corrected chi connectivity index (χ4v) is 4.14. The van der Waals surface area contributed by atoms with Crippen LogP contribution in [0.5, 0.6) is 11.8 Å². The number of hydrogen-bond donors (Lipinski definition) is 3. The first-order valence-electron chi connectivity index (χ1n) is 12.9. The van der Waals surface area contributed by atoms with Gasteiger partial charge in [0.25, 0.3) is 0 Å². The van der Waals surface area contributed by atoms with E-state index >= 15 is 0 Å². The number of rotatable bonds is 15. The number of aromatic nitrogens is 4. The van der Waals surface area contributed by atoms with Crippen molar-refractivity contribution < 1.29 is 27.5 Å². The number of ether oxygens (including phenoxy) is 2. The largest absolute Gasteiger partial charge is 0.463 e. The smallest absolute Gasteiger partial charge is 0.327 e. The second kappa shape index (κ2) is 13.9. The first kappa shape index (κ1) is 30.6. The lowest BCUT2D eigenvalue weighted by molar-refractivity contribution is -0.134. The lowest BCUT2D eigenvalue weighted by atomic mass is 10.2. The Kier molecular flexibility index (Phi) is 10.6. The van der Waals surface area contributed by atoms with Gasteiger partial charge in [-0.1, -0.05) is 32.4 Å². The molecule has 4 N–H and O–H groups in total. The van der Waals surface area contributed by atoms with E-state index in [0.29, 0.717) is 24.3 Å². The van der Waals surface area contributed by atoms with Crippen LogP contribution in [-0.2, 0) is 32.7 Å². The Morgan fingerprint density at radius 1 is 1.20 bits per heavy atom. The molecular formula is C25H35N7O7S. The Bertz CT molecular complexity index is 1500. The number of sulfonamides is 1. The van der Waals surface area contributed by atoms with Crippen molar-refractivity contribution in [2.75, 3.05) is 31.7 Å². The first-order valence-corrected chi connectivity index (χ1v) is 14.8. The van der Waals surface area contributed by atoms with Gasteiger partial charge >= 0.3 is 17.7 Å². The summed E-state index contributed by atoms with van der Waals surface area (Å²) in [7, 11) is -3.59. The van der Waals surface area contributed by atoms with Crippen molar-refractivity contribution in [1.29, 1.82) is 0 Å². The summed E-state index contributed by atoms with van der Waals surface area (Å²) < 4.78 is 37.5. The Morgan fingerprint density at radius 2 is 1.98 bits per heavy atom. The number of nitrogen functional groups attached to an aromatic ring is 1. The number of amides is 1. The molecule has 218 valence electrons. The Balaban J connectivity index is 1.78. The molecule has 14 nitrogen and oxygen atoms in total. The van der Waals surface area contributed by atoms with Crippen molar-refractivity contribution in [1.82, 2.24) is 29.1 Å². The number of unbranched alkanes of at least 4 members (excludes halogenated alkanes) is 1. The number of esters is 1. The summed E-state index contributed by atoms with van der Waals surface area (Å²) in [5.41, 5.74) is 6.82. The standard InChI is InChI=1S/C25H35N7O7S/c1-4-6-13-38-24-29-22(26)21-23(30-24)32(25(35)28-21)12-8-11-31(19(33)15-27-40(3,36)37)16-17-9-7-10-18(14-17)39-20(34)5-2/h7,9-10,14,27H,4-6,8,11-13,15-16H2,1-3H3,(H,28,35)(H2,26,29,30). The van der Waals surface area contributed by atoms with E-state index in [2.05, 4.69) is 19.7 Å². The molecule has 1 amide bonds. The monoisotopic (exact) mass is 577 g/mol. The van der Waals surface area contributed by atoms with E-state index in [1.165, 1.54) is 9.47 Å². The van der Waals surface area contributed by atoms with Crippen LogP contribution < -0.4 is 25.6 Å². The van der Waals surface area contributed by atoms with Gasteiger partial charge in [0.1, 0.15) is 11.3 Å². The Labute approximate surface area is 231 Å². The second-order valence-corrected chi connectivity index (χ2v) is 10.9. The van der Waals surface area contributed by atoms with Gasteiger partial charge in [0.15, 0.2) is 11.5 Å². The van der Waals surface area contributed by atoms with Crippen LogP contribution in [-0.4, -0.2) is 70.7 Å². The summed E-state index contributed by atoms with van der Waals surface area (Å²) in [6.45, 7) is 4.17. The molecule has 3 aromatic rings. The molecular weight excluding hydrogens is 542 g/mol. The fourth-order valence-electron chi connectivity index (χ4n) is 3.76. The van der Waals surface area contributed by atoms with Crippen molar-refractivity contribution in [3.05, 3.63) is 40.3 Å². The van der Waals surface area contributed by atoms with E-state index in [1.807, 2.05) is 6.92 Å². The number of carbonyl (C=O) groups is 2. The Morgan fingerprint density at radius 3 is 2.67 bits per heavy atom. The van der Waals surface area contributed by atoms with E-state index in [9.17, 15) is 22.8 Å². The van der Waals surface area contributed by atoms with Gasteiger partial charge < -0.3 is 25.1 Å². The number of nitrogens with two attached hydrogens (primary N) is 1. The number of benzene rings is 1. The lowest BCUT2D eigenvalue weighted by Gasteiger charge is -2.23. The molecule has 2 heterocycles. The molecule has 0 fully saturated rings. The van der Waals surface area contributed by atoms with E-state index in [0.717, 1.165) is 19.1 Å². The minimum absolute atomic E-state index is 0.0681. The predicted molar refractivity (Wildman–Crippen MR) is 148 cm³/mol. The van der Waals surface area contributed by atoms with E-state index in [1.54, 1.807) is 31.2 Å². The molecule has 2 aromatic heterocycles. The van der Waals surface area contributed by atoms with E-state index in [-0.39, 0.29) is 49.0 Å². The number of hydrogen-bond acceptors (Lipinski definition) is 10. The van der Waals surface area contributed by atoms with Crippen molar-refractivity contribution in [3.8, 4) is 11.8 Å². The molecule has 0 saturated carbocycles. The van der Waals surface area contributed by atoms with Gasteiger partial charge in [0.05, 0.1) is 19.4 Å². The van der Waals surface area contributed by atoms with E-state index < -0.39 is 34.1 Å². The zero-order valence-corrected chi connectivity index (χ0v) is 23.6. The third-order valence-electron chi connectivity index (χ3n) is 5.80. The van der Waals surface area contributed by atoms with Gasteiger partial charge in [-0.2, -0.15) is 9.97 Å². The van der Waals surface area contributed by atoms with Crippen LogP contribution in [0, 0.1) is 0 Å². The van der Waals surface area contributed by atoms with Crippen molar-refractivity contribution in [2.24, 2.45) is 0 Å². The zero-order valence-electron chi connectivity index (χ0n) is 22.8. The number of imidazole rings is 1. The molecule has 3 rings (SSSR count). The topological polar surface area (TPSA) is 192 Å². The third kappa shape index (κ3) is 8.77. The van der Waals surface area contributed by atoms with Crippen LogP contribution >= 0.6 is 0 Å². The summed E-state index contributed by atoms with van der Waals surface area (Å²) in [6.07, 6.45) is 3.24. The molecule has 0 aliphatic rings. The van der Waals surface area contributed by atoms with Gasteiger partial charge in [-0.05, 0) is 30.5 Å². The molecule has 40 heavy (non-hydrogen) atoms. The normalized spacial score (nSPS) is 11.5. The number of aryl methyl sites for hydroxylation is 1. The lowest BCUT2D eigenvalue weighted by Crippen LogP contribution is -2.40. The molecule has 0 unspecified atom stereocenters. The van der Waals surface area contributed by atoms with Crippen LogP contribution in [0.4, 0.5) is 5.82 Å². The third-order valence-corrected chi connectivity index (χ3v) is 6.47. The minimum atomic E-state index is -3.59. The highest BCUT2D eigenvalue weighted by Crippen LogP contribution is 2.19. The molecule has 0 aliphatic heterocycles. The first-order chi connectivity index (χ1) is 19.0. The molecule has 0 spiro atoms. The average molecular weight is 578 g/mol. The summed E-state index contributed by atoms with van der Waals surface area (Å²) in [6, 6.07) is 6.80. The van der Waals surface area contributed by atoms with Crippen LogP contribution in [0.1, 0.15) is 45.1 Å². The maximum absolute atomic E-state index is 13.0. The van der Waals surface area contributed by atoms with Crippen LogP contribution in [0.25, 0.3) is 11.2 Å². The van der Waals surface area contributed by atoms with Crippen LogP contribution in [0.3, 0.4) is 0 Å². The van der Waals surface area contributed by atoms with Gasteiger partial charge in [0.2, 0.25) is 15.9 Å². The van der Waals surface area contributed by atoms with Crippen molar-refractivity contribution >= 4 is 38.9 Å². The molecule has 0 atom stereocenters. The molecule has 0 saturated heterocycles. The second-order valence-electron chi connectivity index (χ2n) is 9.11. The molecule has 0 bridgehead atoms. The van der Waals surface area contributed by atoms with Crippen molar-refractivity contribution in [2.45, 2.75) is 52.6 Å². The number of fused-ring (bicyclic) bond motifs is 1. The number of aromatic amines is 1. The number of H-pyrrole nitrogens is 1. The Hall–Kier alpha value is -3.98. The van der Waals surface area contributed by atoms with Gasteiger partial charge in [0, 0.05) is 26.1 Å². The van der Waals surface area contributed by atoms with Gasteiger partial charge in [-0.25, -0.2) is 17.9 Å². The average Bonchev–Trinajstić information content (AvgIpc) is 3.22. The highest BCUT2D eigenvalue weighted by Gasteiger charge is 2.18. The number of nitrogens with zero attached hydrogens (tertiary/aromatic N) is 4. The molecule has 15 heteroatoms. The highest BCUT2D eigenvalue weighted by atomic mass is 32.2. The fraction of sp³-hybridized carbons (Fsp3) is 0.480. The van der Waals surface area contributed by atoms with Crippen LogP contribution in [0.2, 0.25) is 0 Å². The van der Waals surface area contributed by atoms with Gasteiger partial charge in [-0.3, -0.25) is 14.2 Å². The zero-order chi connectivity index (χ0) is 29.3. The maximum atomic E-state index is 13.0. The van der Waals surface area contributed by atoms with Crippen molar-refractivity contribution in [3.63, 3.8) is 0 Å².